The molecule has 74 valence electrons. The summed E-state index contributed by atoms with van der Waals surface area (Å²) in [6, 6.07) is 4.11. The van der Waals surface area contributed by atoms with Crippen LogP contribution in [0.1, 0.15) is 29.2 Å². The summed E-state index contributed by atoms with van der Waals surface area (Å²) in [6.45, 7) is 4.12. The molecule has 0 amide bonds. The number of benzene rings is 1. The van der Waals surface area contributed by atoms with Crippen molar-refractivity contribution in [3.8, 4) is 12.3 Å². The molecule has 1 unspecified atom stereocenters. The minimum absolute atomic E-state index is 0.0505. The van der Waals surface area contributed by atoms with Gasteiger partial charge in [-0.2, -0.15) is 0 Å². The van der Waals surface area contributed by atoms with Gasteiger partial charge in [0.25, 0.3) is 0 Å². The maximum Gasteiger partial charge on any atom is 0.0405 e. The van der Waals surface area contributed by atoms with Crippen molar-refractivity contribution in [2.24, 2.45) is 5.73 Å². The van der Waals surface area contributed by atoms with Crippen LogP contribution in [0.5, 0.6) is 0 Å². The lowest BCUT2D eigenvalue weighted by Crippen LogP contribution is -2.09. The minimum Gasteiger partial charge on any atom is -0.323 e. The van der Waals surface area contributed by atoms with Crippen molar-refractivity contribution in [2.45, 2.75) is 26.3 Å². The molecule has 2 N–H and O–H groups in total. The van der Waals surface area contributed by atoms with E-state index in [2.05, 4.69) is 47.8 Å². The Bertz CT molecular complexity index is 353. The van der Waals surface area contributed by atoms with E-state index in [1.807, 2.05) is 0 Å². The lowest BCUT2D eigenvalue weighted by atomic mass is 10.0. The van der Waals surface area contributed by atoms with Gasteiger partial charge in [0, 0.05) is 16.9 Å². The SMILES string of the molecule is C#CCC(N)c1cc(C)c(Br)c(C)c1. The third-order valence-corrected chi connectivity index (χ3v) is 3.48. The molecule has 0 fully saturated rings. The monoisotopic (exact) mass is 251 g/mol. The van der Waals surface area contributed by atoms with Gasteiger partial charge in [-0.1, -0.05) is 28.1 Å². The fourth-order valence-electron chi connectivity index (χ4n) is 1.44. The molecule has 0 heterocycles. The quantitative estimate of drug-likeness (QED) is 0.804. The van der Waals surface area contributed by atoms with Crippen LogP contribution in [-0.2, 0) is 0 Å². The number of nitrogens with two attached hydrogens (primary N) is 1. The van der Waals surface area contributed by atoms with E-state index in [-0.39, 0.29) is 6.04 Å². The molecule has 0 radical (unpaired) electrons. The van der Waals surface area contributed by atoms with Crippen molar-refractivity contribution < 1.29 is 0 Å². The van der Waals surface area contributed by atoms with Gasteiger partial charge >= 0.3 is 0 Å². The van der Waals surface area contributed by atoms with E-state index in [9.17, 15) is 0 Å². The summed E-state index contributed by atoms with van der Waals surface area (Å²) in [5.41, 5.74) is 9.45. The Labute approximate surface area is 93.8 Å². The summed E-state index contributed by atoms with van der Waals surface area (Å²) in [5.74, 6) is 2.58. The molecule has 0 aliphatic heterocycles. The van der Waals surface area contributed by atoms with Crippen molar-refractivity contribution in [3.05, 3.63) is 33.3 Å². The zero-order valence-corrected chi connectivity index (χ0v) is 10.1. The highest BCUT2D eigenvalue weighted by Crippen LogP contribution is 2.25. The highest BCUT2D eigenvalue weighted by molar-refractivity contribution is 9.10. The molecule has 0 spiro atoms. The zero-order chi connectivity index (χ0) is 10.7. The smallest absolute Gasteiger partial charge is 0.0405 e. The maximum atomic E-state index is 5.94. The number of terminal acetylenes is 1. The van der Waals surface area contributed by atoms with Gasteiger partial charge in [-0.15, -0.1) is 12.3 Å². The van der Waals surface area contributed by atoms with Crippen molar-refractivity contribution >= 4 is 15.9 Å². The standard InChI is InChI=1S/C12H14BrN/c1-4-5-11(14)10-6-8(2)12(13)9(3)7-10/h1,6-7,11H,5,14H2,2-3H3. The van der Waals surface area contributed by atoms with Gasteiger partial charge in [0.2, 0.25) is 0 Å². The molecule has 0 aliphatic carbocycles. The van der Waals surface area contributed by atoms with Crippen LogP contribution in [0.2, 0.25) is 0 Å². The topological polar surface area (TPSA) is 26.0 Å². The van der Waals surface area contributed by atoms with E-state index in [0.29, 0.717) is 6.42 Å². The Hall–Kier alpha value is -0.780. The van der Waals surface area contributed by atoms with Crippen LogP contribution >= 0.6 is 15.9 Å². The minimum atomic E-state index is -0.0505. The van der Waals surface area contributed by atoms with Crippen LogP contribution in [0.15, 0.2) is 16.6 Å². The molecule has 0 bridgehead atoms. The van der Waals surface area contributed by atoms with Gasteiger partial charge in [-0.05, 0) is 30.5 Å². The van der Waals surface area contributed by atoms with E-state index in [1.54, 1.807) is 0 Å². The van der Waals surface area contributed by atoms with Crippen LogP contribution in [0.4, 0.5) is 0 Å². The van der Waals surface area contributed by atoms with E-state index in [0.717, 1.165) is 10.0 Å². The van der Waals surface area contributed by atoms with Gasteiger partial charge in [0.05, 0.1) is 0 Å². The first-order chi connectivity index (χ1) is 6.56. The van der Waals surface area contributed by atoms with E-state index in [1.165, 1.54) is 11.1 Å². The normalized spacial score (nSPS) is 12.2. The number of halogens is 1. The summed E-state index contributed by atoms with van der Waals surface area (Å²) < 4.78 is 1.15. The average molecular weight is 252 g/mol. The first kappa shape index (κ1) is 11.3. The molecule has 0 saturated heterocycles. The summed E-state index contributed by atoms with van der Waals surface area (Å²) in [4.78, 5) is 0. The van der Waals surface area contributed by atoms with Crippen LogP contribution in [-0.4, -0.2) is 0 Å². The summed E-state index contributed by atoms with van der Waals surface area (Å²) >= 11 is 3.52. The Kier molecular flexibility index (Phi) is 3.74. The van der Waals surface area contributed by atoms with Crippen molar-refractivity contribution in [1.82, 2.24) is 0 Å². The Morgan fingerprint density at radius 3 is 2.36 bits per heavy atom. The molecule has 0 aliphatic rings. The predicted octanol–water partition coefficient (Wildman–Crippen LogP) is 3.09. The number of aryl methyl sites for hydroxylation is 2. The molecule has 1 rings (SSSR count). The summed E-state index contributed by atoms with van der Waals surface area (Å²) in [5, 5.41) is 0. The molecule has 14 heavy (non-hydrogen) atoms. The molecule has 0 saturated carbocycles. The fraction of sp³-hybridized carbons (Fsp3) is 0.333. The van der Waals surface area contributed by atoms with Crippen molar-refractivity contribution in [1.29, 1.82) is 0 Å². The van der Waals surface area contributed by atoms with Crippen LogP contribution < -0.4 is 5.73 Å². The van der Waals surface area contributed by atoms with E-state index in [4.69, 9.17) is 12.2 Å². The van der Waals surface area contributed by atoms with Crippen molar-refractivity contribution in [2.75, 3.05) is 0 Å². The second-order valence-electron chi connectivity index (χ2n) is 3.48. The van der Waals surface area contributed by atoms with E-state index >= 15 is 0 Å². The molecule has 1 aromatic carbocycles. The average Bonchev–Trinajstić information content (AvgIpc) is 2.13. The van der Waals surface area contributed by atoms with Gasteiger partial charge in [-0.3, -0.25) is 0 Å². The summed E-state index contributed by atoms with van der Waals surface area (Å²) in [7, 11) is 0. The van der Waals surface area contributed by atoms with Gasteiger partial charge < -0.3 is 5.73 Å². The Balaban J connectivity index is 3.07. The van der Waals surface area contributed by atoms with Gasteiger partial charge in [0.15, 0.2) is 0 Å². The molecule has 0 aromatic heterocycles. The molecular formula is C12H14BrN. The molecule has 1 nitrogen and oxygen atoms in total. The van der Waals surface area contributed by atoms with Crippen LogP contribution in [0.25, 0.3) is 0 Å². The Morgan fingerprint density at radius 1 is 1.43 bits per heavy atom. The lowest BCUT2D eigenvalue weighted by molar-refractivity contribution is 0.752. The second kappa shape index (κ2) is 4.63. The third-order valence-electron chi connectivity index (χ3n) is 2.22. The maximum absolute atomic E-state index is 5.94. The molecule has 1 aromatic rings. The molecular weight excluding hydrogens is 238 g/mol. The largest absolute Gasteiger partial charge is 0.323 e. The lowest BCUT2D eigenvalue weighted by Gasteiger charge is -2.12. The predicted molar refractivity (Wildman–Crippen MR) is 64.0 cm³/mol. The van der Waals surface area contributed by atoms with Crippen molar-refractivity contribution in [3.63, 3.8) is 0 Å². The zero-order valence-electron chi connectivity index (χ0n) is 8.47. The Morgan fingerprint density at radius 2 is 1.93 bits per heavy atom. The third kappa shape index (κ3) is 2.37. The van der Waals surface area contributed by atoms with Crippen LogP contribution in [0, 0.1) is 26.2 Å². The van der Waals surface area contributed by atoms with Crippen LogP contribution in [0.3, 0.4) is 0 Å². The van der Waals surface area contributed by atoms with E-state index < -0.39 is 0 Å². The number of hydrogen-bond donors (Lipinski definition) is 1. The first-order valence-corrected chi connectivity index (χ1v) is 5.31. The molecule has 2 heteroatoms. The fourth-order valence-corrected chi connectivity index (χ4v) is 1.67. The number of hydrogen-bond acceptors (Lipinski definition) is 1. The first-order valence-electron chi connectivity index (χ1n) is 4.52. The molecule has 1 atom stereocenters. The highest BCUT2D eigenvalue weighted by Gasteiger charge is 2.07. The highest BCUT2D eigenvalue weighted by atomic mass is 79.9. The summed E-state index contributed by atoms with van der Waals surface area (Å²) in [6.07, 6.45) is 5.82. The van der Waals surface area contributed by atoms with Gasteiger partial charge in [-0.25, -0.2) is 0 Å². The van der Waals surface area contributed by atoms with Gasteiger partial charge in [0.1, 0.15) is 0 Å². The second-order valence-corrected chi connectivity index (χ2v) is 4.28. The number of rotatable bonds is 2.